The van der Waals surface area contributed by atoms with Crippen LogP contribution in [-0.4, -0.2) is 41.9 Å². The molecule has 0 bridgehead atoms. The number of barbiturate groups is 1. The predicted molar refractivity (Wildman–Crippen MR) is 93.1 cm³/mol. The minimum absolute atomic E-state index is 0.174. The van der Waals surface area contributed by atoms with Crippen molar-refractivity contribution in [2.24, 2.45) is 5.41 Å². The lowest BCUT2D eigenvalue weighted by atomic mass is 9.68. The van der Waals surface area contributed by atoms with E-state index in [1.807, 2.05) is 25.1 Å². The van der Waals surface area contributed by atoms with Crippen molar-refractivity contribution in [1.29, 1.82) is 0 Å². The van der Waals surface area contributed by atoms with E-state index in [0.29, 0.717) is 13.0 Å². The molecule has 0 aliphatic carbocycles. The van der Waals surface area contributed by atoms with Gasteiger partial charge in [-0.05, 0) is 37.3 Å². The zero-order valence-electron chi connectivity index (χ0n) is 14.5. The summed E-state index contributed by atoms with van der Waals surface area (Å²) >= 11 is 0. The summed E-state index contributed by atoms with van der Waals surface area (Å²) in [5.41, 5.74) is 0.939. The second-order valence-electron chi connectivity index (χ2n) is 7.20. The number of hydrogen-bond acceptors (Lipinski definition) is 4. The van der Waals surface area contributed by atoms with Gasteiger partial charge in [-0.3, -0.25) is 19.8 Å². The van der Waals surface area contributed by atoms with Crippen molar-refractivity contribution < 1.29 is 14.4 Å². The molecule has 6 heteroatoms. The third-order valence-electron chi connectivity index (χ3n) is 5.82. The quantitative estimate of drug-likeness (QED) is 0.855. The van der Waals surface area contributed by atoms with Crippen LogP contribution in [0, 0.1) is 5.41 Å². The number of fused-ring (bicyclic) bond motifs is 4. The van der Waals surface area contributed by atoms with Crippen LogP contribution in [0.25, 0.3) is 0 Å². The zero-order chi connectivity index (χ0) is 17.6. The van der Waals surface area contributed by atoms with Crippen molar-refractivity contribution >= 4 is 23.5 Å². The highest BCUT2D eigenvalue weighted by atomic mass is 16.2. The number of urea groups is 1. The Morgan fingerprint density at radius 3 is 2.84 bits per heavy atom. The Morgan fingerprint density at radius 2 is 2.04 bits per heavy atom. The molecule has 0 aromatic heterocycles. The molecule has 4 rings (SSSR count). The van der Waals surface area contributed by atoms with Gasteiger partial charge in [0.15, 0.2) is 5.41 Å². The monoisotopic (exact) mass is 341 g/mol. The number of carbonyl (C=O) groups excluding carboxylic acids is 3. The number of para-hydroxylation sites is 1. The first-order chi connectivity index (χ1) is 12.1. The van der Waals surface area contributed by atoms with Gasteiger partial charge in [-0.2, -0.15) is 0 Å². The van der Waals surface area contributed by atoms with Gasteiger partial charge in [-0.1, -0.05) is 31.5 Å². The Balaban J connectivity index is 1.80. The van der Waals surface area contributed by atoms with Gasteiger partial charge < -0.3 is 4.90 Å². The van der Waals surface area contributed by atoms with E-state index in [9.17, 15) is 14.4 Å². The molecule has 3 heterocycles. The molecule has 6 nitrogen and oxygen atoms in total. The SMILES string of the molecule is CCCCN1C(=O)NC(=O)C2(Cc3ccccc3N3CCCC32)C1=O. The molecule has 1 aromatic carbocycles. The van der Waals surface area contributed by atoms with E-state index < -0.39 is 17.4 Å². The van der Waals surface area contributed by atoms with Crippen LogP contribution in [0.2, 0.25) is 0 Å². The summed E-state index contributed by atoms with van der Waals surface area (Å²) in [4.78, 5) is 42.1. The molecule has 1 spiro atoms. The molecule has 1 aromatic rings. The number of carbonyl (C=O) groups is 3. The second kappa shape index (κ2) is 5.86. The molecule has 4 amide bonds. The van der Waals surface area contributed by atoms with Crippen LogP contribution < -0.4 is 10.2 Å². The molecule has 2 unspecified atom stereocenters. The molecular formula is C19H23N3O3. The maximum atomic E-state index is 13.4. The smallest absolute Gasteiger partial charge is 0.330 e. The van der Waals surface area contributed by atoms with E-state index in [1.165, 1.54) is 4.90 Å². The Labute approximate surface area is 147 Å². The third kappa shape index (κ3) is 2.19. The Morgan fingerprint density at radius 1 is 1.24 bits per heavy atom. The van der Waals surface area contributed by atoms with Gasteiger partial charge in [-0.15, -0.1) is 0 Å². The average molecular weight is 341 g/mol. The molecule has 0 radical (unpaired) electrons. The standard InChI is InChI=1S/C19H23N3O3/c1-2-3-10-22-17(24)19(16(23)20-18(22)25)12-13-7-4-5-8-14(13)21-11-6-9-15(19)21/h4-5,7-8,15H,2-3,6,9-12H2,1H3,(H,20,23,25). The summed E-state index contributed by atoms with van der Waals surface area (Å²) in [5.74, 6) is -0.747. The number of amides is 4. The summed E-state index contributed by atoms with van der Waals surface area (Å²) in [5, 5.41) is 2.47. The van der Waals surface area contributed by atoms with Crippen molar-refractivity contribution in [2.75, 3.05) is 18.0 Å². The molecule has 2 saturated heterocycles. The van der Waals surface area contributed by atoms with Crippen molar-refractivity contribution in [2.45, 2.75) is 45.1 Å². The van der Waals surface area contributed by atoms with Crippen LogP contribution in [0.15, 0.2) is 24.3 Å². The number of imide groups is 2. The number of anilines is 1. The largest absolute Gasteiger partial charge is 0.367 e. The summed E-state index contributed by atoms with van der Waals surface area (Å²) < 4.78 is 0. The third-order valence-corrected chi connectivity index (χ3v) is 5.82. The Bertz CT molecular complexity index is 747. The maximum absolute atomic E-state index is 13.4. The van der Waals surface area contributed by atoms with Crippen LogP contribution in [-0.2, 0) is 16.0 Å². The highest BCUT2D eigenvalue weighted by Crippen LogP contribution is 2.48. The minimum atomic E-state index is -1.19. The normalized spacial score (nSPS) is 28.2. The van der Waals surface area contributed by atoms with Gasteiger partial charge in [-0.25, -0.2) is 4.79 Å². The van der Waals surface area contributed by atoms with Crippen LogP contribution in [0.5, 0.6) is 0 Å². The fourth-order valence-electron chi connectivity index (χ4n) is 4.60. The van der Waals surface area contributed by atoms with Crippen LogP contribution in [0.4, 0.5) is 10.5 Å². The van der Waals surface area contributed by atoms with Gasteiger partial charge in [0.1, 0.15) is 0 Å². The van der Waals surface area contributed by atoms with Gasteiger partial charge in [0.05, 0.1) is 6.04 Å². The average Bonchev–Trinajstić information content (AvgIpc) is 3.10. The van der Waals surface area contributed by atoms with E-state index >= 15 is 0 Å². The first-order valence-electron chi connectivity index (χ1n) is 9.11. The predicted octanol–water partition coefficient (Wildman–Crippen LogP) is 2.08. The molecule has 3 aliphatic rings. The van der Waals surface area contributed by atoms with Crippen LogP contribution in [0.3, 0.4) is 0 Å². The lowest BCUT2D eigenvalue weighted by Gasteiger charge is -2.49. The molecule has 25 heavy (non-hydrogen) atoms. The van der Waals surface area contributed by atoms with E-state index in [-0.39, 0.29) is 11.9 Å². The van der Waals surface area contributed by atoms with Crippen molar-refractivity contribution in [3.8, 4) is 0 Å². The molecule has 2 fully saturated rings. The van der Waals surface area contributed by atoms with Gasteiger partial charge >= 0.3 is 6.03 Å². The molecular weight excluding hydrogens is 318 g/mol. The highest BCUT2D eigenvalue weighted by molar-refractivity contribution is 6.20. The zero-order valence-corrected chi connectivity index (χ0v) is 14.5. The summed E-state index contributed by atoms with van der Waals surface area (Å²) in [6.45, 7) is 3.22. The number of hydrogen-bond donors (Lipinski definition) is 1. The minimum Gasteiger partial charge on any atom is -0.367 e. The maximum Gasteiger partial charge on any atom is 0.330 e. The van der Waals surface area contributed by atoms with E-state index in [4.69, 9.17) is 0 Å². The second-order valence-corrected chi connectivity index (χ2v) is 7.20. The van der Waals surface area contributed by atoms with Crippen molar-refractivity contribution in [1.82, 2.24) is 10.2 Å². The lowest BCUT2D eigenvalue weighted by molar-refractivity contribution is -0.153. The van der Waals surface area contributed by atoms with Crippen LogP contribution >= 0.6 is 0 Å². The first kappa shape index (κ1) is 16.1. The molecule has 3 aliphatic heterocycles. The van der Waals surface area contributed by atoms with Crippen molar-refractivity contribution in [3.05, 3.63) is 29.8 Å². The van der Waals surface area contributed by atoms with E-state index in [1.54, 1.807) is 0 Å². The topological polar surface area (TPSA) is 69.7 Å². The number of unbranched alkanes of at least 4 members (excludes halogenated alkanes) is 1. The Hall–Kier alpha value is -2.37. The summed E-state index contributed by atoms with van der Waals surface area (Å²) in [6.07, 6.45) is 3.74. The van der Waals surface area contributed by atoms with Gasteiger partial charge in [0, 0.05) is 18.8 Å². The molecule has 0 saturated carbocycles. The van der Waals surface area contributed by atoms with E-state index in [2.05, 4.69) is 16.3 Å². The molecule has 2 atom stereocenters. The number of rotatable bonds is 3. The van der Waals surface area contributed by atoms with Crippen molar-refractivity contribution in [3.63, 3.8) is 0 Å². The fraction of sp³-hybridized carbons (Fsp3) is 0.526. The Kier molecular flexibility index (Phi) is 3.78. The van der Waals surface area contributed by atoms with Gasteiger partial charge in [0.25, 0.3) is 0 Å². The fourth-order valence-corrected chi connectivity index (χ4v) is 4.60. The number of nitrogens with zero attached hydrogens (tertiary/aromatic N) is 2. The van der Waals surface area contributed by atoms with Crippen LogP contribution in [0.1, 0.15) is 38.2 Å². The molecule has 132 valence electrons. The van der Waals surface area contributed by atoms with E-state index in [0.717, 1.165) is 43.5 Å². The summed E-state index contributed by atoms with van der Waals surface area (Å²) in [7, 11) is 0. The lowest BCUT2D eigenvalue weighted by Crippen LogP contribution is -2.71. The number of benzene rings is 1. The number of nitrogens with one attached hydrogen (secondary N) is 1. The van der Waals surface area contributed by atoms with Gasteiger partial charge in [0.2, 0.25) is 11.8 Å². The molecule has 1 N–H and O–H groups in total. The highest BCUT2D eigenvalue weighted by Gasteiger charge is 2.62. The first-order valence-corrected chi connectivity index (χ1v) is 9.11. The summed E-state index contributed by atoms with van der Waals surface area (Å²) in [6, 6.07) is 7.23.